The normalized spacial score (nSPS) is 16.6. The third-order valence-electron chi connectivity index (χ3n) is 11.6. The van der Waals surface area contributed by atoms with Crippen LogP contribution in [0.25, 0.3) is 22.5 Å². The highest BCUT2D eigenvalue weighted by atomic mass is 16.8. The number of fused-ring (bicyclic) bond motifs is 2. The lowest BCUT2D eigenvalue weighted by Gasteiger charge is -2.49. The summed E-state index contributed by atoms with van der Waals surface area (Å²) in [5, 5.41) is 155. The zero-order valence-electron chi connectivity index (χ0n) is 37.0. The summed E-state index contributed by atoms with van der Waals surface area (Å²) in [5.41, 5.74) is -11.4. The minimum absolute atomic E-state index is 0.0480. The molecule has 20 N–H and O–H groups in total. The molecule has 31 heteroatoms. The molecule has 388 valence electrons. The van der Waals surface area contributed by atoms with Crippen molar-refractivity contribution in [3.05, 3.63) is 60.4 Å². The number of ether oxygens (including phenoxy) is 4. The fourth-order valence-electron chi connectivity index (χ4n) is 7.79. The average molecular weight is 1010 g/mol. The van der Waals surface area contributed by atoms with E-state index in [4.69, 9.17) is 9.47 Å². The second-order valence-corrected chi connectivity index (χ2v) is 16.3. The Morgan fingerprint density at radius 3 is 1.77 bits per heavy atom. The van der Waals surface area contributed by atoms with E-state index in [1.807, 2.05) is 0 Å². The molecular formula is C40H50N8O23. The molecule has 0 saturated carbocycles. The van der Waals surface area contributed by atoms with Crippen molar-refractivity contribution in [2.45, 2.75) is 85.0 Å². The molecule has 4 heterocycles. The standard InChI is InChI=1S/C40H50N8O23/c1-68-32(51)46-28(34(53,37(56,57)58)38(59,60)61)30(49)41-12-4-3-7-27-42-16-20(44-27)18-8-10-23-25(14-18)70-24-11-9-19(15-26(24)71-23)21-17-43-29(45-21)22-6-5-13-48(22)31(50)35(54,47-33(52)69-2)36(55,39(62,63)64)40(65,66)67/h8-11,14-17,22,28,53-67H,3-7,12-13H2,1-2H3,(H,41,49)(H,42,44)(H,43,45)(H,46,51)(H,47,52). The Labute approximate surface area is 397 Å². The fraction of sp³-hybridized carbons (Fsp3) is 0.450. The third-order valence-corrected chi connectivity index (χ3v) is 11.6. The molecule has 3 unspecified atom stereocenters. The molecule has 4 amide bonds. The molecular weight excluding hydrogens is 960 g/mol. The van der Waals surface area contributed by atoms with Crippen molar-refractivity contribution in [1.29, 1.82) is 0 Å². The maximum absolute atomic E-state index is 13.9. The first-order valence-electron chi connectivity index (χ1n) is 20.8. The number of hydrogen-bond donors (Lipinski definition) is 20. The summed E-state index contributed by atoms with van der Waals surface area (Å²) in [5.74, 6) is -20.4. The number of aryl methyl sites for hydroxylation is 1. The monoisotopic (exact) mass is 1010 g/mol. The minimum atomic E-state index is -4.88. The van der Waals surface area contributed by atoms with Gasteiger partial charge in [-0.1, -0.05) is 0 Å². The Kier molecular flexibility index (Phi) is 14.7. The van der Waals surface area contributed by atoms with E-state index in [0.29, 0.717) is 58.4 Å². The predicted octanol–water partition coefficient (Wildman–Crippen LogP) is -5.78. The SMILES string of the molecule is COC(=O)NC(C(=O)NCCCCc1ncc(-c2ccc3c(c2)Oc2ccc(-c4cnc(C5CCCN5C(=O)C(O)(NC(=O)OC)C(O)(C(O)(O)O)C(O)(O)O)[nH]4)cc2O3)[nH]1)C(O)(C(O)(O)O)C(O)(O)O. The number of hydrogen-bond acceptors (Lipinski definition) is 25. The molecule has 6 rings (SSSR count). The van der Waals surface area contributed by atoms with Gasteiger partial charge in [0.1, 0.15) is 11.6 Å². The van der Waals surface area contributed by atoms with E-state index in [1.165, 1.54) is 11.5 Å². The van der Waals surface area contributed by atoms with Crippen LogP contribution in [0.3, 0.4) is 0 Å². The molecule has 4 aromatic rings. The summed E-state index contributed by atoms with van der Waals surface area (Å²) in [6.07, 6.45) is 0.819. The quantitative estimate of drug-likeness (QED) is 0.0287. The number of aliphatic hydroxyl groups is 15. The van der Waals surface area contributed by atoms with E-state index >= 15 is 0 Å². The van der Waals surface area contributed by atoms with Crippen molar-refractivity contribution in [1.82, 2.24) is 40.8 Å². The Hall–Kier alpha value is -6.66. The highest BCUT2D eigenvalue weighted by Crippen LogP contribution is 2.48. The van der Waals surface area contributed by atoms with Crippen molar-refractivity contribution in [3.8, 4) is 45.5 Å². The average Bonchev–Trinajstić information content (AvgIpc) is 4.09. The van der Waals surface area contributed by atoms with Gasteiger partial charge in [0.2, 0.25) is 5.91 Å². The Morgan fingerprint density at radius 1 is 0.718 bits per heavy atom. The van der Waals surface area contributed by atoms with E-state index in [1.54, 1.807) is 47.9 Å². The largest absolute Gasteiger partial charge is 0.453 e. The van der Waals surface area contributed by atoms with Gasteiger partial charge in [0.05, 0.1) is 44.0 Å². The van der Waals surface area contributed by atoms with Crippen molar-refractivity contribution >= 4 is 24.0 Å². The van der Waals surface area contributed by atoms with Gasteiger partial charge in [-0.2, -0.15) is 0 Å². The number of rotatable bonds is 18. The first-order valence-corrected chi connectivity index (χ1v) is 20.8. The number of likely N-dealkylation sites (tertiary alicyclic amines) is 1. The Morgan fingerprint density at radius 2 is 1.25 bits per heavy atom. The Bertz CT molecular complexity index is 2580. The van der Waals surface area contributed by atoms with Crippen molar-refractivity contribution in [3.63, 3.8) is 0 Å². The zero-order chi connectivity index (χ0) is 52.7. The number of aromatic nitrogens is 4. The molecule has 3 atom stereocenters. The number of amides is 4. The van der Waals surface area contributed by atoms with Gasteiger partial charge in [-0.3, -0.25) is 14.9 Å². The summed E-state index contributed by atoms with van der Waals surface area (Å²) < 4.78 is 20.9. The number of carbonyl (C=O) groups is 4. The second kappa shape index (κ2) is 19.5. The number of unbranched alkanes of at least 4 members (excludes halogenated alkanes) is 1. The molecule has 2 aromatic carbocycles. The van der Waals surface area contributed by atoms with Gasteiger partial charge in [-0.05, 0) is 62.1 Å². The van der Waals surface area contributed by atoms with E-state index in [2.05, 4.69) is 34.7 Å². The van der Waals surface area contributed by atoms with Crippen molar-refractivity contribution in [2.75, 3.05) is 27.3 Å². The summed E-state index contributed by atoms with van der Waals surface area (Å²) in [7, 11) is 1.54. The lowest BCUT2D eigenvalue weighted by Crippen LogP contribution is -2.85. The molecule has 2 aliphatic rings. The van der Waals surface area contributed by atoms with Gasteiger partial charge in [0, 0.05) is 30.6 Å². The van der Waals surface area contributed by atoms with Crippen molar-refractivity contribution in [2.24, 2.45) is 0 Å². The first-order chi connectivity index (χ1) is 32.9. The number of alkyl carbamates (subject to hydrolysis) is 2. The first kappa shape index (κ1) is 53.7. The number of aromatic amines is 2. The number of imidazole rings is 2. The van der Waals surface area contributed by atoms with Crippen LogP contribution in [0.4, 0.5) is 9.59 Å². The van der Waals surface area contributed by atoms with E-state index in [0.717, 1.165) is 19.1 Å². The second-order valence-electron chi connectivity index (χ2n) is 16.3. The van der Waals surface area contributed by atoms with Gasteiger partial charge in [-0.15, -0.1) is 0 Å². The maximum Gasteiger partial charge on any atom is 0.409 e. The highest BCUT2D eigenvalue weighted by molar-refractivity contribution is 5.91. The lowest BCUT2D eigenvalue weighted by molar-refractivity contribution is -0.518. The van der Waals surface area contributed by atoms with Crippen LogP contribution in [0.5, 0.6) is 23.0 Å². The smallest absolute Gasteiger partial charge is 0.409 e. The molecule has 2 aliphatic heterocycles. The van der Waals surface area contributed by atoms with Gasteiger partial charge >= 0.3 is 36.1 Å². The number of H-pyrrole nitrogens is 2. The topological polar surface area (TPSA) is 505 Å². The van der Waals surface area contributed by atoms with Crippen LogP contribution < -0.4 is 25.4 Å². The number of methoxy groups -OCH3 is 2. The summed E-state index contributed by atoms with van der Waals surface area (Å²) in [6.45, 7) is -0.487. The third kappa shape index (κ3) is 10.1. The zero-order valence-corrected chi connectivity index (χ0v) is 37.0. The van der Waals surface area contributed by atoms with Gasteiger partial charge in [0.15, 0.2) is 29.0 Å². The van der Waals surface area contributed by atoms with Gasteiger partial charge in [-0.25, -0.2) is 19.6 Å². The van der Waals surface area contributed by atoms with Crippen molar-refractivity contribution < 1.29 is 115 Å². The molecule has 0 bridgehead atoms. The summed E-state index contributed by atoms with van der Waals surface area (Å²) in [6, 6.07) is 5.93. The lowest BCUT2D eigenvalue weighted by atomic mass is 9.83. The highest BCUT2D eigenvalue weighted by Gasteiger charge is 2.78. The van der Waals surface area contributed by atoms with E-state index < -0.39 is 76.9 Å². The van der Waals surface area contributed by atoms with Crippen LogP contribution in [0.15, 0.2) is 48.8 Å². The molecule has 0 spiro atoms. The van der Waals surface area contributed by atoms with Crippen LogP contribution in [-0.2, 0) is 25.5 Å². The molecule has 71 heavy (non-hydrogen) atoms. The number of nitrogens with one attached hydrogen (secondary N) is 5. The molecule has 0 radical (unpaired) electrons. The summed E-state index contributed by atoms with van der Waals surface area (Å²) in [4.78, 5) is 66.3. The molecule has 1 fully saturated rings. The van der Waals surface area contributed by atoms with Crippen LogP contribution in [0.1, 0.15) is 43.4 Å². The maximum atomic E-state index is 13.9. The molecule has 1 saturated heterocycles. The number of nitrogens with zero attached hydrogens (tertiary/aromatic N) is 3. The molecule has 0 aliphatic carbocycles. The molecule has 31 nitrogen and oxygen atoms in total. The van der Waals surface area contributed by atoms with Crippen LogP contribution >= 0.6 is 0 Å². The Balaban J connectivity index is 1.09. The van der Waals surface area contributed by atoms with Crippen LogP contribution in [0.2, 0.25) is 0 Å². The predicted molar refractivity (Wildman–Crippen MR) is 225 cm³/mol. The summed E-state index contributed by atoms with van der Waals surface area (Å²) >= 11 is 0. The number of benzene rings is 2. The minimum Gasteiger partial charge on any atom is -0.453 e. The number of carbonyl (C=O) groups excluding carboxylic acids is 4. The fourth-order valence-corrected chi connectivity index (χ4v) is 7.79. The van der Waals surface area contributed by atoms with Crippen LogP contribution in [-0.4, -0.2) is 200 Å². The molecule has 2 aromatic heterocycles. The van der Waals surface area contributed by atoms with Crippen LogP contribution in [0, 0.1) is 0 Å². The van der Waals surface area contributed by atoms with Gasteiger partial charge in [0.25, 0.3) is 22.8 Å². The van der Waals surface area contributed by atoms with E-state index in [-0.39, 0.29) is 43.9 Å². The van der Waals surface area contributed by atoms with E-state index in [9.17, 15) is 95.8 Å². The van der Waals surface area contributed by atoms with Gasteiger partial charge < -0.3 is 121 Å².